The maximum atomic E-state index is 2.70. The molecule has 0 radical (unpaired) electrons. The van der Waals surface area contributed by atoms with Crippen molar-refractivity contribution >= 4 is 34.1 Å². The number of anilines is 6. The molecule has 11 rings (SSSR count). The van der Waals surface area contributed by atoms with Crippen LogP contribution in [0, 0.1) is 13.8 Å². The molecule has 0 aromatic heterocycles. The number of rotatable bonds is 4. The summed E-state index contributed by atoms with van der Waals surface area (Å²) in [5, 5.41) is 0. The van der Waals surface area contributed by atoms with Gasteiger partial charge in [0, 0.05) is 28.3 Å². The van der Waals surface area contributed by atoms with E-state index in [1.165, 1.54) is 106 Å². The van der Waals surface area contributed by atoms with Gasteiger partial charge in [0.1, 0.15) is 0 Å². The van der Waals surface area contributed by atoms with E-state index in [1.807, 2.05) is 0 Å². The van der Waals surface area contributed by atoms with Gasteiger partial charge in [-0.2, -0.15) is 0 Å². The molecule has 6 aromatic rings. The van der Waals surface area contributed by atoms with Crippen molar-refractivity contribution in [2.24, 2.45) is 0 Å². The molecule has 2 heterocycles. The SMILES string of the molecule is Cc1cc2c3c(c1)N(c1cc4c(cc1C)C(C)(C)CC4(C)C)c1ccc(C(C)(C)c4ccccc4)cc1C3c1cc3c(cc1N2c1ccc2c(c1)C(C)(C)CC2(C)C)C(C)(C)CC3(C)C. The van der Waals surface area contributed by atoms with Crippen LogP contribution in [0.5, 0.6) is 0 Å². The zero-order valence-electron chi connectivity index (χ0n) is 42.4. The summed E-state index contributed by atoms with van der Waals surface area (Å²) in [5.41, 5.74) is 26.7. The normalized spacial score (nSPS) is 21.6. The average Bonchev–Trinajstić information content (AvgIpc) is 3.62. The highest BCUT2D eigenvalue weighted by Crippen LogP contribution is 2.65. The Morgan fingerprint density at radius 3 is 1.51 bits per heavy atom. The third kappa shape index (κ3) is 5.96. The molecule has 0 N–H and O–H groups in total. The summed E-state index contributed by atoms with van der Waals surface area (Å²) in [6.45, 7) is 39.0. The van der Waals surface area contributed by atoms with Crippen molar-refractivity contribution in [3.63, 3.8) is 0 Å². The Balaban J connectivity index is 1.25. The first-order chi connectivity index (χ1) is 30.2. The largest absolute Gasteiger partial charge is 0.310 e. The Hall–Kier alpha value is -5.08. The minimum atomic E-state index is -0.199. The van der Waals surface area contributed by atoms with Crippen molar-refractivity contribution in [2.75, 3.05) is 9.80 Å². The molecule has 2 aliphatic heterocycles. The molecule has 6 aromatic carbocycles. The van der Waals surface area contributed by atoms with Gasteiger partial charge >= 0.3 is 0 Å². The summed E-state index contributed by atoms with van der Waals surface area (Å²) in [6.07, 6.45) is 3.43. The van der Waals surface area contributed by atoms with Gasteiger partial charge in [-0.25, -0.2) is 0 Å². The van der Waals surface area contributed by atoms with Gasteiger partial charge in [0.25, 0.3) is 0 Å². The Morgan fingerprint density at radius 2 is 0.908 bits per heavy atom. The number of fused-ring (bicyclic) bond motifs is 7. The molecule has 2 nitrogen and oxygen atoms in total. The van der Waals surface area contributed by atoms with E-state index in [-0.39, 0.29) is 43.8 Å². The molecule has 0 bridgehead atoms. The Bertz CT molecular complexity index is 3020. The molecule has 65 heavy (non-hydrogen) atoms. The highest BCUT2D eigenvalue weighted by Gasteiger charge is 2.49. The first-order valence-electron chi connectivity index (χ1n) is 24.7. The van der Waals surface area contributed by atoms with Crippen molar-refractivity contribution in [2.45, 2.75) is 174 Å². The third-order valence-corrected chi connectivity index (χ3v) is 17.4. The molecule has 334 valence electrons. The van der Waals surface area contributed by atoms with E-state index in [1.54, 1.807) is 0 Å². The summed E-state index contributed by atoms with van der Waals surface area (Å²) in [6, 6.07) is 41.7. The molecule has 0 spiro atoms. The fraction of sp³-hybridized carbons (Fsp3) is 0.429. The Morgan fingerprint density at radius 1 is 0.415 bits per heavy atom. The Labute approximate surface area is 391 Å². The lowest BCUT2D eigenvalue weighted by atomic mass is 9.71. The molecule has 3 aliphatic carbocycles. The van der Waals surface area contributed by atoms with Crippen molar-refractivity contribution in [1.82, 2.24) is 0 Å². The minimum absolute atomic E-state index is 0.0457. The van der Waals surface area contributed by atoms with Crippen LogP contribution in [0.15, 0.2) is 103 Å². The fourth-order valence-electron chi connectivity index (χ4n) is 15.0. The summed E-state index contributed by atoms with van der Waals surface area (Å²) < 4.78 is 0. The number of nitrogens with zero attached hydrogens (tertiary/aromatic N) is 2. The van der Waals surface area contributed by atoms with Crippen molar-refractivity contribution < 1.29 is 0 Å². The minimum Gasteiger partial charge on any atom is -0.310 e. The summed E-state index contributed by atoms with van der Waals surface area (Å²) in [7, 11) is 0. The average molecular weight is 857 g/mol. The number of hydrogen-bond donors (Lipinski definition) is 0. The van der Waals surface area contributed by atoms with Crippen molar-refractivity contribution in [3.8, 4) is 0 Å². The molecule has 0 saturated heterocycles. The predicted octanol–water partition coefficient (Wildman–Crippen LogP) is 17.3. The molecule has 2 heteroatoms. The number of benzene rings is 6. The highest BCUT2D eigenvalue weighted by molar-refractivity contribution is 5.98. The van der Waals surface area contributed by atoms with E-state index in [0.29, 0.717) is 0 Å². The first-order valence-corrected chi connectivity index (χ1v) is 24.7. The zero-order valence-corrected chi connectivity index (χ0v) is 42.4. The number of hydrogen-bond acceptors (Lipinski definition) is 2. The van der Waals surface area contributed by atoms with Crippen LogP contribution in [-0.2, 0) is 37.9 Å². The Kier molecular flexibility index (Phi) is 8.56. The molecule has 1 unspecified atom stereocenters. The van der Waals surface area contributed by atoms with Crippen LogP contribution in [0.3, 0.4) is 0 Å². The van der Waals surface area contributed by atoms with Gasteiger partial charge in [-0.1, -0.05) is 158 Å². The van der Waals surface area contributed by atoms with Crippen molar-refractivity contribution in [3.05, 3.63) is 175 Å². The monoisotopic (exact) mass is 857 g/mol. The van der Waals surface area contributed by atoms with Crippen LogP contribution in [0.2, 0.25) is 0 Å². The standard InChI is InChI=1S/C63H72N2/c1-37-26-53-56-54(27-37)65(51-32-48-45(28-38(51)2)58(5,6)35-61(48,11)12)50-25-22-40(63(15,16)39-20-18-17-19-21-39)29-42(50)55(56)43-31-47-49(62(13,14)36-60(47,9)10)33-52(43)64(53)41-23-24-44-46(30-41)59(7,8)34-57(44,3)4/h17-33,55H,34-36H2,1-16H3. The van der Waals surface area contributed by atoms with Gasteiger partial charge in [-0.3, -0.25) is 0 Å². The quantitative estimate of drug-likeness (QED) is 0.174. The second-order valence-corrected chi connectivity index (χ2v) is 25.8. The first kappa shape index (κ1) is 42.5. The van der Waals surface area contributed by atoms with E-state index in [9.17, 15) is 0 Å². The number of aryl methyl sites for hydroxylation is 2. The van der Waals surface area contributed by atoms with Crippen LogP contribution >= 0.6 is 0 Å². The third-order valence-electron chi connectivity index (χ3n) is 17.4. The van der Waals surface area contributed by atoms with Crippen LogP contribution in [0.4, 0.5) is 34.1 Å². The molecular formula is C63H72N2. The van der Waals surface area contributed by atoms with E-state index < -0.39 is 0 Å². The molecule has 0 fully saturated rings. The molecule has 0 amide bonds. The van der Waals surface area contributed by atoms with Gasteiger partial charge in [0.15, 0.2) is 0 Å². The summed E-state index contributed by atoms with van der Waals surface area (Å²) in [5.74, 6) is 0.0457. The lowest BCUT2D eigenvalue weighted by Gasteiger charge is -2.46. The smallest absolute Gasteiger partial charge is 0.0527 e. The summed E-state index contributed by atoms with van der Waals surface area (Å²) in [4.78, 5) is 5.38. The molecule has 1 atom stereocenters. The van der Waals surface area contributed by atoms with Crippen LogP contribution in [0.1, 0.15) is 194 Å². The van der Waals surface area contributed by atoms with Crippen LogP contribution < -0.4 is 9.80 Å². The second kappa shape index (κ2) is 13.1. The summed E-state index contributed by atoms with van der Waals surface area (Å²) >= 11 is 0. The van der Waals surface area contributed by atoms with Crippen LogP contribution in [0.25, 0.3) is 0 Å². The van der Waals surface area contributed by atoms with Gasteiger partial charge in [0.05, 0.1) is 22.7 Å². The highest BCUT2D eigenvalue weighted by atomic mass is 15.2. The lowest BCUT2D eigenvalue weighted by molar-refractivity contribution is 0.402. The van der Waals surface area contributed by atoms with Crippen molar-refractivity contribution in [1.29, 1.82) is 0 Å². The topological polar surface area (TPSA) is 6.48 Å². The van der Waals surface area contributed by atoms with Gasteiger partial charge in [-0.15, -0.1) is 0 Å². The zero-order chi connectivity index (χ0) is 46.3. The van der Waals surface area contributed by atoms with E-state index in [4.69, 9.17) is 0 Å². The van der Waals surface area contributed by atoms with Gasteiger partial charge in [-0.05, 0) is 175 Å². The second-order valence-electron chi connectivity index (χ2n) is 25.8. The van der Waals surface area contributed by atoms with E-state index >= 15 is 0 Å². The van der Waals surface area contributed by atoms with Gasteiger partial charge < -0.3 is 9.80 Å². The predicted molar refractivity (Wildman–Crippen MR) is 277 cm³/mol. The molecule has 0 saturated carbocycles. The van der Waals surface area contributed by atoms with E-state index in [0.717, 1.165) is 19.3 Å². The van der Waals surface area contributed by atoms with Gasteiger partial charge in [0.2, 0.25) is 0 Å². The van der Waals surface area contributed by atoms with Crippen LogP contribution in [-0.4, -0.2) is 0 Å². The fourth-order valence-corrected chi connectivity index (χ4v) is 15.0. The molecule has 5 aliphatic rings. The maximum absolute atomic E-state index is 2.70. The maximum Gasteiger partial charge on any atom is 0.0527 e. The van der Waals surface area contributed by atoms with E-state index in [2.05, 4.69) is 224 Å². The molecular weight excluding hydrogens is 785 g/mol. The lowest BCUT2D eigenvalue weighted by Crippen LogP contribution is -2.31.